The van der Waals surface area contributed by atoms with Crippen molar-refractivity contribution >= 4 is 29.8 Å². The summed E-state index contributed by atoms with van der Waals surface area (Å²) in [5.41, 5.74) is 1.26. The topological polar surface area (TPSA) is 126 Å². The number of carbonyl (C=O) groups is 3. The fourth-order valence-corrected chi connectivity index (χ4v) is 3.81. The quantitative estimate of drug-likeness (QED) is 0.356. The maximum Gasteiger partial charge on any atom is 0.415 e. The fourth-order valence-electron chi connectivity index (χ4n) is 3.81. The minimum absolute atomic E-state index is 0.00895. The third kappa shape index (κ3) is 7.67. The Kier molecular flexibility index (Phi) is 10.0. The third-order valence-electron chi connectivity index (χ3n) is 6.11. The van der Waals surface area contributed by atoms with Crippen LogP contribution in [-0.2, 0) is 9.59 Å². The molecule has 2 N–H and O–H groups in total. The Balaban J connectivity index is 1.57. The summed E-state index contributed by atoms with van der Waals surface area (Å²) < 4.78 is 15.9. The molecule has 1 atom stereocenters. The zero-order chi connectivity index (χ0) is 27.7. The number of likely N-dealkylation sites (N-methyl/N-ethyl adjacent to an activating group) is 1. The highest BCUT2D eigenvalue weighted by Gasteiger charge is 2.28. The molecule has 3 rings (SSSR count). The molecule has 1 saturated heterocycles. The van der Waals surface area contributed by atoms with Crippen LogP contribution in [0.15, 0.2) is 48.6 Å². The second kappa shape index (κ2) is 13.4. The molecule has 0 aromatic heterocycles. The molecule has 1 aliphatic heterocycles. The monoisotopic (exact) mass is 524 g/mol. The first kappa shape index (κ1) is 28.4. The van der Waals surface area contributed by atoms with Gasteiger partial charge in [0, 0.05) is 19.6 Å². The summed E-state index contributed by atoms with van der Waals surface area (Å²) in [5.74, 6) is 0.0513. The average Bonchev–Trinajstić information content (AvgIpc) is 2.92. The minimum Gasteiger partial charge on any atom is -0.504 e. The van der Waals surface area contributed by atoms with E-state index in [1.54, 1.807) is 36.4 Å². The number of methoxy groups -OCH3 is 2. The number of ether oxygens (including phenoxy) is 3. The first-order valence-corrected chi connectivity index (χ1v) is 12.0. The number of piperazine rings is 1. The molecule has 10 heteroatoms. The van der Waals surface area contributed by atoms with Gasteiger partial charge in [0.05, 0.1) is 33.3 Å². The molecule has 38 heavy (non-hydrogen) atoms. The zero-order valence-corrected chi connectivity index (χ0v) is 21.6. The summed E-state index contributed by atoms with van der Waals surface area (Å²) in [6, 6.07) is 9.35. The number of phenols is 1. The van der Waals surface area contributed by atoms with Crippen molar-refractivity contribution in [3.8, 4) is 23.0 Å². The van der Waals surface area contributed by atoms with Crippen molar-refractivity contribution in [1.82, 2.24) is 9.80 Å². The summed E-state index contributed by atoms with van der Waals surface area (Å²) >= 11 is 0. The highest BCUT2D eigenvalue weighted by molar-refractivity contribution is 6.10. The number of aromatic hydroxyl groups is 1. The van der Waals surface area contributed by atoms with Gasteiger partial charge in [-0.3, -0.25) is 14.5 Å². The molecule has 0 radical (unpaired) electrons. The second-order valence-corrected chi connectivity index (χ2v) is 8.75. The zero-order valence-electron chi connectivity index (χ0n) is 21.6. The number of carbonyl (C=O) groups excluding carboxylic acids is 3. The Morgan fingerprint density at radius 3 is 2.13 bits per heavy atom. The fraction of sp³-hybridized carbons (Fsp3) is 0.321. The van der Waals surface area contributed by atoms with E-state index in [9.17, 15) is 24.6 Å². The lowest BCUT2D eigenvalue weighted by Gasteiger charge is -2.37. The summed E-state index contributed by atoms with van der Waals surface area (Å²) in [4.78, 5) is 40.6. The van der Waals surface area contributed by atoms with E-state index in [0.29, 0.717) is 36.5 Å². The van der Waals surface area contributed by atoms with Gasteiger partial charge in [-0.25, -0.2) is 4.79 Å². The van der Waals surface area contributed by atoms with Gasteiger partial charge < -0.3 is 29.3 Å². The largest absolute Gasteiger partial charge is 0.504 e. The maximum absolute atomic E-state index is 12.6. The number of nitrogens with zero attached hydrogens (tertiary/aromatic N) is 2. The summed E-state index contributed by atoms with van der Waals surface area (Å²) in [6.45, 7) is 1.40. The molecular weight excluding hydrogens is 492 g/mol. The summed E-state index contributed by atoms with van der Waals surface area (Å²) in [6.07, 6.45) is 4.84. The van der Waals surface area contributed by atoms with Gasteiger partial charge in [-0.05, 0) is 54.6 Å². The smallest absolute Gasteiger partial charge is 0.415 e. The molecule has 2 aromatic rings. The van der Waals surface area contributed by atoms with Crippen LogP contribution in [0.2, 0.25) is 0 Å². The van der Waals surface area contributed by atoms with Crippen molar-refractivity contribution in [1.29, 1.82) is 0 Å². The highest BCUT2D eigenvalue weighted by Crippen LogP contribution is 2.30. The van der Waals surface area contributed by atoms with Crippen molar-refractivity contribution in [2.24, 2.45) is 0 Å². The van der Waals surface area contributed by atoms with Gasteiger partial charge in [0.15, 0.2) is 34.6 Å². The standard InChI is InChI=1S/C28H32N2O8/c1-29-12-13-30(17-21(29)18-31)28(35)38-25-11-7-20(15-27(25)37-3)5-9-23(33)16-22(32)8-4-19-6-10-24(34)26(14-19)36-2/h4-11,14-15,21,31,34H,12-13,16-18H2,1-3H3. The number of allylic oxidation sites excluding steroid dienone is 2. The van der Waals surface area contributed by atoms with Crippen LogP contribution >= 0.6 is 0 Å². The number of hydrogen-bond acceptors (Lipinski definition) is 9. The molecular formula is C28H32N2O8. The van der Waals surface area contributed by atoms with Crippen LogP contribution in [0.1, 0.15) is 17.5 Å². The van der Waals surface area contributed by atoms with Gasteiger partial charge in [-0.2, -0.15) is 0 Å². The predicted molar refractivity (Wildman–Crippen MR) is 141 cm³/mol. The number of benzene rings is 2. The molecule has 1 aliphatic rings. The molecule has 1 fully saturated rings. The van der Waals surface area contributed by atoms with Crippen LogP contribution in [0.25, 0.3) is 12.2 Å². The van der Waals surface area contributed by atoms with Gasteiger partial charge in [0.2, 0.25) is 0 Å². The van der Waals surface area contributed by atoms with E-state index in [2.05, 4.69) is 0 Å². The Bertz CT molecular complexity index is 1220. The van der Waals surface area contributed by atoms with Gasteiger partial charge in [0.25, 0.3) is 0 Å². The van der Waals surface area contributed by atoms with Crippen LogP contribution in [0.5, 0.6) is 23.0 Å². The maximum atomic E-state index is 12.6. The van der Waals surface area contributed by atoms with Crippen molar-refractivity contribution in [3.05, 3.63) is 59.7 Å². The minimum atomic E-state index is -0.536. The first-order chi connectivity index (χ1) is 18.2. The highest BCUT2D eigenvalue weighted by atomic mass is 16.6. The molecule has 1 unspecified atom stereocenters. The Labute approximate surface area is 221 Å². The molecule has 0 aliphatic carbocycles. The average molecular weight is 525 g/mol. The molecule has 2 aromatic carbocycles. The van der Waals surface area contributed by atoms with E-state index < -0.39 is 6.09 Å². The van der Waals surface area contributed by atoms with Crippen LogP contribution in [0.4, 0.5) is 4.79 Å². The normalized spacial score (nSPS) is 16.1. The number of aliphatic hydroxyl groups excluding tert-OH is 1. The first-order valence-electron chi connectivity index (χ1n) is 12.0. The number of hydrogen-bond donors (Lipinski definition) is 2. The summed E-state index contributed by atoms with van der Waals surface area (Å²) in [7, 11) is 4.76. The van der Waals surface area contributed by atoms with E-state index in [4.69, 9.17) is 14.2 Å². The number of aliphatic hydroxyl groups is 1. The van der Waals surface area contributed by atoms with Crippen molar-refractivity contribution < 1.29 is 38.8 Å². The van der Waals surface area contributed by atoms with Crippen molar-refractivity contribution in [2.75, 3.05) is 47.5 Å². The van der Waals surface area contributed by atoms with Crippen molar-refractivity contribution in [2.45, 2.75) is 12.5 Å². The Hall–Kier alpha value is -4.15. The number of ketones is 2. The molecule has 10 nitrogen and oxygen atoms in total. The molecule has 1 heterocycles. The number of rotatable bonds is 10. The van der Waals surface area contributed by atoms with Gasteiger partial charge in [0.1, 0.15) is 0 Å². The van der Waals surface area contributed by atoms with Gasteiger partial charge in [-0.15, -0.1) is 0 Å². The van der Waals surface area contributed by atoms with Crippen LogP contribution in [0, 0.1) is 0 Å². The molecule has 0 bridgehead atoms. The molecule has 1 amide bonds. The lowest BCUT2D eigenvalue weighted by molar-refractivity contribution is -0.121. The molecule has 0 saturated carbocycles. The number of phenolic OH excluding ortho intramolecular Hbond substituents is 1. The lowest BCUT2D eigenvalue weighted by atomic mass is 10.1. The van der Waals surface area contributed by atoms with E-state index in [1.165, 1.54) is 43.4 Å². The molecule has 0 spiro atoms. The van der Waals surface area contributed by atoms with Crippen LogP contribution in [-0.4, -0.2) is 91.2 Å². The van der Waals surface area contributed by atoms with Crippen LogP contribution < -0.4 is 14.2 Å². The van der Waals surface area contributed by atoms with Crippen molar-refractivity contribution in [3.63, 3.8) is 0 Å². The van der Waals surface area contributed by atoms with Crippen LogP contribution in [0.3, 0.4) is 0 Å². The Morgan fingerprint density at radius 2 is 1.53 bits per heavy atom. The lowest BCUT2D eigenvalue weighted by Crippen LogP contribution is -2.55. The predicted octanol–water partition coefficient (Wildman–Crippen LogP) is 2.77. The van der Waals surface area contributed by atoms with E-state index in [-0.39, 0.29) is 47.9 Å². The van der Waals surface area contributed by atoms with Gasteiger partial charge >= 0.3 is 6.09 Å². The van der Waals surface area contributed by atoms with E-state index in [1.807, 2.05) is 11.9 Å². The SMILES string of the molecule is COc1cc(C=CC(=O)CC(=O)C=Cc2ccc(OC(=O)N3CCN(C)C(CO)C3)c(OC)c2)ccc1O. The van der Waals surface area contributed by atoms with E-state index in [0.717, 1.165) is 0 Å². The third-order valence-corrected chi connectivity index (χ3v) is 6.11. The second-order valence-electron chi connectivity index (χ2n) is 8.75. The number of amides is 1. The Morgan fingerprint density at radius 1 is 0.921 bits per heavy atom. The summed E-state index contributed by atoms with van der Waals surface area (Å²) in [5, 5.41) is 19.1. The molecule has 202 valence electrons. The van der Waals surface area contributed by atoms with E-state index >= 15 is 0 Å². The van der Waals surface area contributed by atoms with Gasteiger partial charge in [-0.1, -0.05) is 24.3 Å².